The summed E-state index contributed by atoms with van der Waals surface area (Å²) >= 11 is 1.40. The van der Waals surface area contributed by atoms with E-state index in [1.54, 1.807) is 24.3 Å². The molecule has 3 aromatic rings. The van der Waals surface area contributed by atoms with Gasteiger partial charge in [0.2, 0.25) is 0 Å². The minimum atomic E-state index is -0.305. The van der Waals surface area contributed by atoms with Crippen LogP contribution in [0.2, 0.25) is 0 Å². The van der Waals surface area contributed by atoms with E-state index < -0.39 is 0 Å². The first-order valence-corrected chi connectivity index (χ1v) is 7.73. The molecule has 0 amide bonds. The van der Waals surface area contributed by atoms with Crippen molar-refractivity contribution in [3.8, 4) is 6.07 Å². The molecule has 0 aliphatic rings. The molecule has 0 radical (unpaired) electrons. The number of nitriles is 1. The number of aryl methyl sites for hydroxylation is 2. The van der Waals surface area contributed by atoms with Crippen molar-refractivity contribution < 1.29 is 5.11 Å². The molecule has 5 nitrogen and oxygen atoms in total. The number of benzene rings is 1. The van der Waals surface area contributed by atoms with E-state index in [4.69, 9.17) is 0 Å². The molecular weight excluding hydrogens is 310 g/mol. The van der Waals surface area contributed by atoms with E-state index in [-0.39, 0.29) is 22.7 Å². The van der Waals surface area contributed by atoms with Crippen LogP contribution in [0, 0.1) is 25.2 Å². The number of hydrogen-bond donors (Lipinski definition) is 2. The van der Waals surface area contributed by atoms with Crippen molar-refractivity contribution in [3.63, 3.8) is 0 Å². The van der Waals surface area contributed by atoms with E-state index in [9.17, 15) is 15.2 Å². The van der Waals surface area contributed by atoms with Crippen LogP contribution in [0.5, 0.6) is 0 Å². The van der Waals surface area contributed by atoms with E-state index in [1.165, 1.54) is 11.3 Å². The van der Waals surface area contributed by atoms with Crippen LogP contribution in [0.25, 0.3) is 21.5 Å². The van der Waals surface area contributed by atoms with Gasteiger partial charge in [-0.05, 0) is 19.4 Å². The van der Waals surface area contributed by atoms with Gasteiger partial charge in [-0.25, -0.2) is 4.98 Å². The Balaban J connectivity index is 2.26. The van der Waals surface area contributed by atoms with E-state index in [1.807, 2.05) is 26.0 Å². The molecule has 0 spiro atoms. The normalized spacial score (nSPS) is 12.0. The number of aliphatic hydroxyl groups excluding tert-OH is 1. The number of aromatic nitrogens is 2. The zero-order chi connectivity index (χ0) is 16.6. The van der Waals surface area contributed by atoms with Gasteiger partial charge in [0.15, 0.2) is 5.82 Å². The summed E-state index contributed by atoms with van der Waals surface area (Å²) < 4.78 is 0. The van der Waals surface area contributed by atoms with Gasteiger partial charge in [0.25, 0.3) is 5.56 Å². The predicted molar refractivity (Wildman–Crippen MR) is 91.2 cm³/mol. The Morgan fingerprint density at radius 2 is 2.00 bits per heavy atom. The Morgan fingerprint density at radius 3 is 2.65 bits per heavy atom. The number of nitrogens with zero attached hydrogens (tertiary/aromatic N) is 2. The molecule has 3 rings (SSSR count). The third-order valence-corrected chi connectivity index (χ3v) is 4.77. The smallest absolute Gasteiger partial charge is 0.260 e. The molecule has 0 unspecified atom stereocenters. The molecular formula is C17H13N3O2S. The van der Waals surface area contributed by atoms with Crippen molar-refractivity contribution >= 4 is 32.9 Å². The molecule has 0 aliphatic carbocycles. The Labute approximate surface area is 136 Å². The summed E-state index contributed by atoms with van der Waals surface area (Å²) in [7, 11) is 0. The van der Waals surface area contributed by atoms with E-state index in [0.717, 1.165) is 10.4 Å². The zero-order valence-corrected chi connectivity index (χ0v) is 13.4. The molecule has 0 saturated heterocycles. The van der Waals surface area contributed by atoms with Gasteiger partial charge in [0, 0.05) is 10.4 Å². The third-order valence-electron chi connectivity index (χ3n) is 3.67. The number of rotatable bonds is 2. The monoisotopic (exact) mass is 323 g/mol. The highest BCUT2D eigenvalue weighted by atomic mass is 32.1. The fourth-order valence-corrected chi connectivity index (χ4v) is 3.36. The van der Waals surface area contributed by atoms with Crippen molar-refractivity contribution in [2.75, 3.05) is 0 Å². The van der Waals surface area contributed by atoms with Gasteiger partial charge >= 0.3 is 0 Å². The second-order valence-corrected chi connectivity index (χ2v) is 6.28. The predicted octanol–water partition coefficient (Wildman–Crippen LogP) is 3.55. The second-order valence-electron chi connectivity index (χ2n) is 5.08. The van der Waals surface area contributed by atoms with Gasteiger partial charge in [-0.3, -0.25) is 4.79 Å². The van der Waals surface area contributed by atoms with Crippen LogP contribution in [0.1, 0.15) is 21.8 Å². The SMILES string of the molecule is Cc1sc2nc(/C(C#N)=C(/O)c3ccccc3)[nH]c(=O)c2c1C. The average Bonchev–Trinajstić information content (AvgIpc) is 2.84. The highest BCUT2D eigenvalue weighted by Gasteiger charge is 2.17. The molecule has 0 atom stereocenters. The van der Waals surface area contributed by atoms with Crippen LogP contribution in [-0.2, 0) is 0 Å². The topological polar surface area (TPSA) is 89.8 Å². The molecule has 1 aromatic carbocycles. The van der Waals surface area contributed by atoms with Gasteiger partial charge in [-0.2, -0.15) is 5.26 Å². The lowest BCUT2D eigenvalue weighted by Gasteiger charge is -2.04. The molecule has 0 aliphatic heterocycles. The first kappa shape index (κ1) is 15.0. The molecule has 0 bridgehead atoms. The second kappa shape index (κ2) is 5.71. The van der Waals surface area contributed by atoms with Crippen LogP contribution in [-0.4, -0.2) is 15.1 Å². The Hall–Kier alpha value is -2.91. The minimum Gasteiger partial charge on any atom is -0.506 e. The summed E-state index contributed by atoms with van der Waals surface area (Å²) in [5.41, 5.74) is 1.02. The van der Waals surface area contributed by atoms with Crippen LogP contribution in [0.3, 0.4) is 0 Å². The van der Waals surface area contributed by atoms with Crippen molar-refractivity contribution in [1.29, 1.82) is 5.26 Å². The summed E-state index contributed by atoms with van der Waals surface area (Å²) in [4.78, 5) is 20.8. The molecule has 2 heterocycles. The number of thiophene rings is 1. The maximum absolute atomic E-state index is 12.3. The Kier molecular flexibility index (Phi) is 3.72. The number of allylic oxidation sites excluding steroid dienone is 1. The fourth-order valence-electron chi connectivity index (χ4n) is 2.33. The van der Waals surface area contributed by atoms with Gasteiger partial charge in [-0.1, -0.05) is 30.3 Å². The van der Waals surface area contributed by atoms with Crippen molar-refractivity contribution in [2.24, 2.45) is 0 Å². The molecule has 2 N–H and O–H groups in total. The van der Waals surface area contributed by atoms with Crippen LogP contribution in [0.15, 0.2) is 35.1 Å². The number of aromatic amines is 1. The van der Waals surface area contributed by atoms with Gasteiger partial charge < -0.3 is 10.1 Å². The van der Waals surface area contributed by atoms with Crippen LogP contribution < -0.4 is 5.56 Å². The maximum atomic E-state index is 12.3. The number of fused-ring (bicyclic) bond motifs is 1. The van der Waals surface area contributed by atoms with Gasteiger partial charge in [-0.15, -0.1) is 11.3 Å². The van der Waals surface area contributed by atoms with Crippen LogP contribution in [0.4, 0.5) is 0 Å². The summed E-state index contributed by atoms with van der Waals surface area (Å²) in [5.74, 6) is -0.131. The number of hydrogen-bond acceptors (Lipinski definition) is 5. The van der Waals surface area contributed by atoms with E-state index >= 15 is 0 Å². The highest BCUT2D eigenvalue weighted by Crippen LogP contribution is 2.28. The lowest BCUT2D eigenvalue weighted by Crippen LogP contribution is -2.11. The van der Waals surface area contributed by atoms with Crippen molar-refractivity contribution in [2.45, 2.75) is 13.8 Å². The maximum Gasteiger partial charge on any atom is 0.260 e. The summed E-state index contributed by atoms with van der Waals surface area (Å²) in [6.07, 6.45) is 0. The summed E-state index contributed by atoms with van der Waals surface area (Å²) in [5, 5.41) is 20.3. The van der Waals surface area contributed by atoms with Crippen molar-refractivity contribution in [1.82, 2.24) is 9.97 Å². The standard InChI is InChI=1S/C17H13N3O2S/c1-9-10(2)23-17-13(9)16(22)19-15(20-17)12(8-18)14(21)11-6-4-3-5-7-11/h3-7,21H,1-2H3,(H,19,20,22)/b14-12+. The third kappa shape index (κ3) is 2.51. The number of nitrogens with one attached hydrogen (secondary N) is 1. The molecule has 114 valence electrons. The highest BCUT2D eigenvalue weighted by molar-refractivity contribution is 7.18. The number of aliphatic hydroxyl groups is 1. The zero-order valence-electron chi connectivity index (χ0n) is 12.5. The molecule has 0 saturated carbocycles. The van der Waals surface area contributed by atoms with Gasteiger partial charge in [0.1, 0.15) is 22.2 Å². The molecule has 2 aromatic heterocycles. The quantitative estimate of drug-likeness (QED) is 0.557. The Bertz CT molecular complexity index is 1020. The van der Waals surface area contributed by atoms with Gasteiger partial charge in [0.05, 0.1) is 5.39 Å². The summed E-state index contributed by atoms with van der Waals surface area (Å²) in [6, 6.07) is 10.6. The lowest BCUT2D eigenvalue weighted by molar-refractivity contribution is 0.514. The number of H-pyrrole nitrogens is 1. The van der Waals surface area contributed by atoms with E-state index in [2.05, 4.69) is 9.97 Å². The Morgan fingerprint density at radius 1 is 1.30 bits per heavy atom. The van der Waals surface area contributed by atoms with E-state index in [0.29, 0.717) is 15.8 Å². The minimum absolute atomic E-state index is 0.0566. The molecule has 6 heteroatoms. The molecule has 0 fully saturated rings. The molecule has 23 heavy (non-hydrogen) atoms. The fraction of sp³-hybridized carbons (Fsp3) is 0.118. The lowest BCUT2D eigenvalue weighted by atomic mass is 10.1. The average molecular weight is 323 g/mol. The largest absolute Gasteiger partial charge is 0.506 e. The van der Waals surface area contributed by atoms with Crippen LogP contribution >= 0.6 is 11.3 Å². The van der Waals surface area contributed by atoms with Crippen molar-refractivity contribution in [3.05, 3.63) is 62.5 Å². The first-order valence-electron chi connectivity index (χ1n) is 6.92. The summed E-state index contributed by atoms with van der Waals surface area (Å²) in [6.45, 7) is 3.79. The first-order chi connectivity index (χ1) is 11.0.